The molecule has 2 N–H and O–H groups in total. The first-order chi connectivity index (χ1) is 8.86. The number of halogens is 1. The fraction of sp³-hybridized carbons (Fsp3) is 0.0909. The average molecular weight is 281 g/mol. The predicted octanol–water partition coefficient (Wildman–Crippen LogP) is 0.947. The number of hydrogen-bond donors (Lipinski definition) is 2. The van der Waals surface area contributed by atoms with E-state index in [1.165, 1.54) is 18.2 Å². The zero-order valence-electron chi connectivity index (χ0n) is 9.69. The number of nitrogens with zero attached hydrogens (tertiary/aromatic N) is 1. The summed E-state index contributed by atoms with van der Waals surface area (Å²) in [5.41, 5.74) is 0.00658. The highest BCUT2D eigenvalue weighted by atomic mass is 32.2. The molecule has 0 radical (unpaired) electrons. The lowest BCUT2D eigenvalue weighted by Gasteiger charge is -1.96. The number of benzene rings is 1. The molecule has 0 fully saturated rings. The highest BCUT2D eigenvalue weighted by Gasteiger charge is 2.16. The van der Waals surface area contributed by atoms with Crippen LogP contribution in [-0.2, 0) is 9.84 Å². The Kier molecular flexibility index (Phi) is 2.27. The topological polar surface area (TPSA) is 95.7 Å². The molecule has 0 unspecified atom stereocenters. The molecule has 0 amide bonds. The number of nitrogens with one attached hydrogen (secondary N) is 2. The normalized spacial score (nSPS) is 12.3. The van der Waals surface area contributed by atoms with Crippen LogP contribution >= 0.6 is 0 Å². The number of aromatic amines is 2. The van der Waals surface area contributed by atoms with Crippen LogP contribution in [0.4, 0.5) is 4.39 Å². The van der Waals surface area contributed by atoms with E-state index in [1.54, 1.807) is 0 Å². The second-order valence-corrected chi connectivity index (χ2v) is 6.11. The van der Waals surface area contributed by atoms with Crippen molar-refractivity contribution >= 4 is 31.8 Å². The van der Waals surface area contributed by atoms with Gasteiger partial charge in [-0.3, -0.25) is 9.78 Å². The summed E-state index contributed by atoms with van der Waals surface area (Å²) in [4.78, 5) is 20.8. The maximum atomic E-state index is 13.2. The summed E-state index contributed by atoms with van der Waals surface area (Å²) >= 11 is 0. The number of H-pyrrole nitrogens is 2. The van der Waals surface area contributed by atoms with Gasteiger partial charge in [0.2, 0.25) is 15.0 Å². The van der Waals surface area contributed by atoms with E-state index in [9.17, 15) is 17.6 Å². The Morgan fingerprint density at radius 2 is 2.00 bits per heavy atom. The summed E-state index contributed by atoms with van der Waals surface area (Å²) in [7, 11) is -3.62. The molecule has 0 aliphatic carbocycles. The minimum absolute atomic E-state index is 0.116. The molecule has 8 heteroatoms. The van der Waals surface area contributed by atoms with Crippen molar-refractivity contribution < 1.29 is 12.8 Å². The Hall–Kier alpha value is -2.22. The van der Waals surface area contributed by atoms with Crippen LogP contribution in [0.2, 0.25) is 0 Å². The van der Waals surface area contributed by atoms with E-state index in [0.717, 1.165) is 6.26 Å². The Morgan fingerprint density at radius 1 is 1.26 bits per heavy atom. The second-order valence-electron chi connectivity index (χ2n) is 4.18. The quantitative estimate of drug-likeness (QED) is 0.649. The van der Waals surface area contributed by atoms with E-state index >= 15 is 0 Å². The van der Waals surface area contributed by atoms with Crippen LogP contribution in [0.15, 0.2) is 28.2 Å². The van der Waals surface area contributed by atoms with Gasteiger partial charge >= 0.3 is 0 Å². The predicted molar refractivity (Wildman–Crippen MR) is 67.3 cm³/mol. The first-order valence-corrected chi connectivity index (χ1v) is 7.17. The summed E-state index contributed by atoms with van der Waals surface area (Å²) in [5.74, 6) is -0.486. The number of rotatable bonds is 1. The zero-order chi connectivity index (χ0) is 13.8. The van der Waals surface area contributed by atoms with Crippen LogP contribution < -0.4 is 5.56 Å². The largest absolute Gasteiger partial charge is 0.339 e. The van der Waals surface area contributed by atoms with Crippen molar-refractivity contribution in [2.45, 2.75) is 5.16 Å². The number of sulfone groups is 1. The van der Waals surface area contributed by atoms with Crippen molar-refractivity contribution in [2.75, 3.05) is 6.26 Å². The minimum atomic E-state index is -3.62. The van der Waals surface area contributed by atoms with Crippen LogP contribution in [0.5, 0.6) is 0 Å². The Bertz CT molecular complexity index is 972. The van der Waals surface area contributed by atoms with Crippen LogP contribution in [-0.4, -0.2) is 29.6 Å². The summed E-state index contributed by atoms with van der Waals surface area (Å²) in [6.07, 6.45) is 0.944. The number of fused-ring (bicyclic) bond motifs is 3. The molecule has 3 aromatic rings. The molecule has 1 aromatic carbocycles. The fourth-order valence-electron chi connectivity index (χ4n) is 1.93. The molecule has 0 bridgehead atoms. The van der Waals surface area contributed by atoms with Gasteiger partial charge in [0.25, 0.3) is 5.56 Å². The van der Waals surface area contributed by atoms with Crippen LogP contribution in [0.25, 0.3) is 21.9 Å². The lowest BCUT2D eigenvalue weighted by molar-refractivity contribution is 0.593. The molecule has 2 aromatic heterocycles. The Morgan fingerprint density at radius 3 is 2.68 bits per heavy atom. The maximum absolute atomic E-state index is 13.2. The van der Waals surface area contributed by atoms with Crippen molar-refractivity contribution in [3.63, 3.8) is 0 Å². The lowest BCUT2D eigenvalue weighted by atomic mass is 10.2. The highest BCUT2D eigenvalue weighted by Crippen LogP contribution is 2.22. The monoisotopic (exact) mass is 281 g/mol. The summed E-state index contributed by atoms with van der Waals surface area (Å²) in [6, 6.07) is 3.90. The zero-order valence-corrected chi connectivity index (χ0v) is 10.5. The van der Waals surface area contributed by atoms with Crippen molar-refractivity contribution in [1.82, 2.24) is 15.0 Å². The van der Waals surface area contributed by atoms with Gasteiger partial charge in [-0.2, -0.15) is 0 Å². The van der Waals surface area contributed by atoms with E-state index in [0.29, 0.717) is 10.9 Å². The Balaban J connectivity index is 2.52. The van der Waals surface area contributed by atoms with Crippen LogP contribution in [0.3, 0.4) is 0 Å². The number of aromatic nitrogens is 3. The molecule has 3 rings (SSSR count). The van der Waals surface area contributed by atoms with E-state index in [4.69, 9.17) is 0 Å². The Labute approximate surface area is 106 Å². The van der Waals surface area contributed by atoms with Gasteiger partial charge in [0.1, 0.15) is 11.5 Å². The smallest absolute Gasteiger partial charge is 0.261 e. The van der Waals surface area contributed by atoms with Gasteiger partial charge in [-0.25, -0.2) is 17.8 Å². The van der Waals surface area contributed by atoms with Crippen molar-refractivity contribution in [2.24, 2.45) is 0 Å². The molecule has 19 heavy (non-hydrogen) atoms. The van der Waals surface area contributed by atoms with E-state index in [1.807, 2.05) is 0 Å². The molecule has 0 atom stereocenters. The highest BCUT2D eigenvalue weighted by molar-refractivity contribution is 7.90. The minimum Gasteiger partial charge on any atom is -0.339 e. The summed E-state index contributed by atoms with van der Waals surface area (Å²) in [6.45, 7) is 0. The second kappa shape index (κ2) is 3.64. The van der Waals surface area contributed by atoms with Crippen molar-refractivity contribution in [3.8, 4) is 0 Å². The van der Waals surface area contributed by atoms with E-state index < -0.39 is 26.4 Å². The number of hydrogen-bond acceptors (Lipinski definition) is 4. The first-order valence-electron chi connectivity index (χ1n) is 5.27. The third-order valence-corrected chi connectivity index (χ3v) is 3.65. The molecular formula is C11H8FN3O3S. The SMILES string of the molecule is CS(=O)(=O)c1nc2[nH]c3ccc(F)cc3c2c(=O)[nH]1. The van der Waals surface area contributed by atoms with Crippen molar-refractivity contribution in [3.05, 3.63) is 34.4 Å². The summed E-state index contributed by atoms with van der Waals surface area (Å²) in [5, 5.41) is 0.0859. The van der Waals surface area contributed by atoms with E-state index in [-0.39, 0.29) is 11.0 Å². The average Bonchev–Trinajstić information content (AvgIpc) is 2.65. The van der Waals surface area contributed by atoms with Crippen molar-refractivity contribution in [1.29, 1.82) is 0 Å². The van der Waals surface area contributed by atoms with Crippen LogP contribution in [0.1, 0.15) is 0 Å². The standard InChI is InChI=1S/C11H8FN3O3S/c1-19(17,18)11-14-9-8(10(16)15-11)6-4-5(12)2-3-7(6)13-9/h2-4H,1H3,(H2,13,14,15,16). The van der Waals surface area contributed by atoms with Gasteiger partial charge in [-0.15, -0.1) is 0 Å². The van der Waals surface area contributed by atoms with Gasteiger partial charge in [-0.1, -0.05) is 0 Å². The molecule has 2 heterocycles. The van der Waals surface area contributed by atoms with Crippen LogP contribution in [0, 0.1) is 5.82 Å². The molecule has 0 saturated carbocycles. The van der Waals surface area contributed by atoms with Gasteiger partial charge in [0, 0.05) is 17.2 Å². The molecule has 0 aliphatic heterocycles. The van der Waals surface area contributed by atoms with Gasteiger partial charge < -0.3 is 4.98 Å². The van der Waals surface area contributed by atoms with E-state index in [2.05, 4.69) is 15.0 Å². The third-order valence-electron chi connectivity index (χ3n) is 2.75. The van der Waals surface area contributed by atoms with Gasteiger partial charge in [0.05, 0.1) is 5.39 Å². The fourth-order valence-corrected chi connectivity index (χ4v) is 2.46. The molecule has 0 aliphatic rings. The summed E-state index contributed by atoms with van der Waals surface area (Å²) < 4.78 is 36.0. The first kappa shape index (κ1) is 11.8. The maximum Gasteiger partial charge on any atom is 0.261 e. The van der Waals surface area contributed by atoms with Gasteiger partial charge in [0.15, 0.2) is 0 Å². The molecule has 6 nitrogen and oxygen atoms in total. The van der Waals surface area contributed by atoms with Gasteiger partial charge in [-0.05, 0) is 18.2 Å². The lowest BCUT2D eigenvalue weighted by Crippen LogP contribution is -2.14. The molecular weight excluding hydrogens is 273 g/mol. The molecule has 0 spiro atoms. The molecule has 98 valence electrons. The molecule has 0 saturated heterocycles. The third kappa shape index (κ3) is 1.80.